The smallest absolute Gasteiger partial charge is 0.289 e. The number of fused-ring (bicyclic) bond motifs is 3. The Morgan fingerprint density at radius 3 is 2.67 bits per heavy atom. The molecule has 4 aromatic heterocycles. The summed E-state index contributed by atoms with van der Waals surface area (Å²) in [5.74, 6) is 0. The van der Waals surface area contributed by atoms with Gasteiger partial charge in [-0.25, -0.2) is 9.97 Å². The van der Waals surface area contributed by atoms with E-state index >= 15 is 0 Å². The van der Waals surface area contributed by atoms with E-state index in [1.165, 1.54) is 23.1 Å². The number of benzene rings is 1. The minimum Gasteiger partial charge on any atom is -0.397 e. The van der Waals surface area contributed by atoms with Crippen LogP contribution in [0.4, 0.5) is 5.69 Å². The summed E-state index contributed by atoms with van der Waals surface area (Å²) in [6.07, 6.45) is 1.86. The van der Waals surface area contributed by atoms with Gasteiger partial charge in [-0.1, -0.05) is 23.5 Å². The lowest BCUT2D eigenvalue weighted by molar-refractivity contribution is 0.847. The van der Waals surface area contributed by atoms with Crippen LogP contribution in [-0.4, -0.2) is 36.2 Å². The van der Waals surface area contributed by atoms with E-state index in [0.717, 1.165) is 10.2 Å². The third-order valence-electron chi connectivity index (χ3n) is 4.21. The number of nitrogens with one attached hydrogen (secondary N) is 2. The van der Waals surface area contributed by atoms with E-state index in [1.54, 1.807) is 4.68 Å². The molecule has 0 saturated carbocycles. The van der Waals surface area contributed by atoms with Gasteiger partial charge in [0.1, 0.15) is 10.5 Å². The third kappa shape index (κ3) is 2.22. The van der Waals surface area contributed by atoms with Crippen LogP contribution < -0.4 is 16.9 Å². The zero-order valence-electron chi connectivity index (χ0n) is 13.8. The molecule has 4 N–H and O–H groups in total. The fourth-order valence-corrected chi connectivity index (χ4v) is 4.49. The quantitative estimate of drug-likeness (QED) is 0.387. The molecule has 134 valence electrons. The number of hydrogen-bond acceptors (Lipinski definition) is 8. The Kier molecular flexibility index (Phi) is 3.36. The van der Waals surface area contributed by atoms with E-state index in [4.69, 9.17) is 5.73 Å². The summed E-state index contributed by atoms with van der Waals surface area (Å²) >= 11 is 2.83. The lowest BCUT2D eigenvalue weighted by Crippen LogP contribution is -2.21. The number of nitrogens with two attached hydrogens (primary N) is 1. The minimum absolute atomic E-state index is 0.0290. The molecule has 1 aromatic carbocycles. The van der Waals surface area contributed by atoms with E-state index in [9.17, 15) is 9.59 Å². The molecule has 0 aliphatic rings. The van der Waals surface area contributed by atoms with Gasteiger partial charge in [-0.2, -0.15) is 9.78 Å². The van der Waals surface area contributed by atoms with Crippen molar-refractivity contribution in [2.75, 3.05) is 12.0 Å². The molecule has 5 aromatic rings. The number of nitrogen functional groups attached to an aromatic ring is 1. The van der Waals surface area contributed by atoms with Crippen LogP contribution in [0.3, 0.4) is 0 Å². The number of thioether (sulfide) groups is 1. The van der Waals surface area contributed by atoms with Crippen molar-refractivity contribution in [3.63, 3.8) is 0 Å². The first kappa shape index (κ1) is 16.0. The molecule has 0 spiro atoms. The van der Waals surface area contributed by atoms with Crippen molar-refractivity contribution >= 4 is 60.9 Å². The van der Waals surface area contributed by atoms with Crippen molar-refractivity contribution in [1.82, 2.24) is 29.9 Å². The van der Waals surface area contributed by atoms with Gasteiger partial charge in [0.2, 0.25) is 5.13 Å². The standard InChI is InChI=1S/C16H11N7O2S2/c1-26-15-9-10(17)8-11(14(25)21-20-13(8)24)19-12(9)23(22-15)16-18-6-4-2-3-5-7(6)27-16/h2-5H,1H3,(H2,17,19)(H,20,24)(H,21,25). The first-order chi connectivity index (χ1) is 13.1. The monoisotopic (exact) mass is 397 g/mol. The average molecular weight is 397 g/mol. The van der Waals surface area contributed by atoms with Crippen LogP contribution in [0.5, 0.6) is 0 Å². The predicted molar refractivity (Wildman–Crippen MR) is 107 cm³/mol. The molecule has 5 rings (SSSR count). The molecular formula is C16H11N7O2S2. The Balaban J connectivity index is 1.95. The van der Waals surface area contributed by atoms with E-state index in [0.29, 0.717) is 21.2 Å². The number of hydrogen-bond donors (Lipinski definition) is 3. The maximum absolute atomic E-state index is 12.2. The van der Waals surface area contributed by atoms with Crippen LogP contribution in [0.1, 0.15) is 0 Å². The van der Waals surface area contributed by atoms with Gasteiger partial charge in [-0.15, -0.1) is 11.8 Å². The summed E-state index contributed by atoms with van der Waals surface area (Å²) in [6.45, 7) is 0. The molecule has 9 nitrogen and oxygen atoms in total. The molecule has 11 heteroatoms. The van der Waals surface area contributed by atoms with Crippen molar-refractivity contribution in [3.05, 3.63) is 45.0 Å². The van der Waals surface area contributed by atoms with E-state index < -0.39 is 11.1 Å². The number of para-hydroxylation sites is 1. The van der Waals surface area contributed by atoms with Crippen molar-refractivity contribution in [3.8, 4) is 5.13 Å². The van der Waals surface area contributed by atoms with E-state index in [1.807, 2.05) is 30.5 Å². The number of aromatic amines is 2. The van der Waals surface area contributed by atoms with Gasteiger partial charge in [0, 0.05) is 0 Å². The second-order valence-corrected chi connectivity index (χ2v) is 7.55. The highest BCUT2D eigenvalue weighted by molar-refractivity contribution is 7.98. The van der Waals surface area contributed by atoms with E-state index in [-0.39, 0.29) is 16.6 Å². The first-order valence-electron chi connectivity index (χ1n) is 7.81. The minimum atomic E-state index is -0.527. The topological polar surface area (TPSA) is 135 Å². The highest BCUT2D eigenvalue weighted by Gasteiger charge is 2.22. The molecule has 0 aliphatic carbocycles. The summed E-state index contributed by atoms with van der Waals surface area (Å²) in [5.41, 5.74) is 6.62. The average Bonchev–Trinajstić information content (AvgIpc) is 3.25. The van der Waals surface area contributed by atoms with Crippen molar-refractivity contribution in [2.24, 2.45) is 0 Å². The number of thiazole rings is 1. The number of aromatic nitrogens is 6. The molecule has 0 radical (unpaired) electrons. The number of rotatable bonds is 2. The number of anilines is 1. The van der Waals surface area contributed by atoms with E-state index in [2.05, 4.69) is 25.3 Å². The highest BCUT2D eigenvalue weighted by atomic mass is 32.2. The Morgan fingerprint density at radius 2 is 1.89 bits per heavy atom. The van der Waals surface area contributed by atoms with Crippen molar-refractivity contribution < 1.29 is 0 Å². The molecule has 0 atom stereocenters. The second kappa shape index (κ2) is 5.66. The van der Waals surface area contributed by atoms with Gasteiger partial charge in [0.25, 0.3) is 11.1 Å². The Labute approximate surface area is 158 Å². The SMILES string of the molecule is CSc1nn(-c2nc3ccccc3s2)c2nc3c(=O)[nH][nH]c(=O)c3c(N)c12. The fraction of sp³-hybridized carbons (Fsp3) is 0.0625. The lowest BCUT2D eigenvalue weighted by atomic mass is 10.2. The Hall–Kier alpha value is -3.18. The van der Waals surface area contributed by atoms with Crippen LogP contribution in [0.15, 0.2) is 38.9 Å². The van der Waals surface area contributed by atoms with Crippen LogP contribution >= 0.6 is 23.1 Å². The molecule has 0 fully saturated rings. The normalized spacial score (nSPS) is 11.7. The molecule has 0 amide bonds. The van der Waals surface area contributed by atoms with Gasteiger partial charge in [-0.3, -0.25) is 19.8 Å². The van der Waals surface area contributed by atoms with Gasteiger partial charge in [0.15, 0.2) is 5.65 Å². The van der Waals surface area contributed by atoms with Gasteiger partial charge in [-0.05, 0) is 18.4 Å². The molecule has 0 bridgehead atoms. The van der Waals surface area contributed by atoms with Crippen LogP contribution in [0.25, 0.3) is 37.3 Å². The third-order valence-corrected chi connectivity index (χ3v) is 5.90. The Bertz CT molecular complexity index is 1440. The summed E-state index contributed by atoms with van der Waals surface area (Å²) in [4.78, 5) is 33.4. The van der Waals surface area contributed by atoms with Crippen LogP contribution in [0.2, 0.25) is 0 Å². The largest absolute Gasteiger partial charge is 0.397 e. The molecule has 4 heterocycles. The molecule has 0 unspecified atom stereocenters. The summed E-state index contributed by atoms with van der Waals surface area (Å²) in [7, 11) is 0. The maximum Gasteiger partial charge on any atom is 0.289 e. The fourth-order valence-electron chi connectivity index (χ4n) is 3.00. The molecule has 0 aliphatic heterocycles. The number of nitrogens with zero attached hydrogens (tertiary/aromatic N) is 4. The van der Waals surface area contributed by atoms with Gasteiger partial charge < -0.3 is 5.73 Å². The van der Waals surface area contributed by atoms with Gasteiger partial charge >= 0.3 is 0 Å². The highest BCUT2D eigenvalue weighted by Crippen LogP contribution is 2.35. The molecule has 0 saturated heterocycles. The Morgan fingerprint density at radius 1 is 1.11 bits per heavy atom. The summed E-state index contributed by atoms with van der Waals surface area (Å²) < 4.78 is 2.58. The zero-order valence-corrected chi connectivity index (χ0v) is 15.4. The lowest BCUT2D eigenvalue weighted by Gasteiger charge is -2.03. The first-order valence-corrected chi connectivity index (χ1v) is 9.85. The van der Waals surface area contributed by atoms with Crippen LogP contribution in [0, 0.1) is 0 Å². The maximum atomic E-state index is 12.2. The predicted octanol–water partition coefficient (Wildman–Crippen LogP) is 1.86. The second-order valence-electron chi connectivity index (χ2n) is 5.74. The number of pyridine rings is 1. The van der Waals surface area contributed by atoms with Crippen molar-refractivity contribution in [2.45, 2.75) is 5.03 Å². The molecule has 27 heavy (non-hydrogen) atoms. The summed E-state index contributed by atoms with van der Waals surface area (Å²) in [6, 6.07) is 7.74. The zero-order chi connectivity index (χ0) is 18.7. The van der Waals surface area contributed by atoms with Crippen LogP contribution in [-0.2, 0) is 0 Å². The van der Waals surface area contributed by atoms with Crippen molar-refractivity contribution in [1.29, 1.82) is 0 Å². The molecular weight excluding hydrogens is 386 g/mol. The van der Waals surface area contributed by atoms with Gasteiger partial charge in [0.05, 0.1) is 26.7 Å². The number of H-pyrrole nitrogens is 2. The summed E-state index contributed by atoms with van der Waals surface area (Å²) in [5, 5.41) is 10.9.